The summed E-state index contributed by atoms with van der Waals surface area (Å²) in [6.07, 6.45) is 8.11. The van der Waals surface area contributed by atoms with Gasteiger partial charge in [-0.1, -0.05) is 0 Å². The summed E-state index contributed by atoms with van der Waals surface area (Å²) in [5, 5.41) is 0. The zero-order valence-corrected chi connectivity index (χ0v) is 10.3. The molecule has 4 saturated carbocycles. The molecule has 0 atom stereocenters. The first kappa shape index (κ1) is 7.23. The van der Waals surface area contributed by atoms with Crippen molar-refractivity contribution in [3.63, 3.8) is 0 Å². The van der Waals surface area contributed by atoms with E-state index in [-0.39, 0.29) is 0 Å². The molecule has 0 N–H and O–H groups in total. The third-order valence-corrected chi connectivity index (χ3v) is 7.41. The van der Waals surface area contributed by atoms with Crippen LogP contribution in [-0.4, -0.2) is 22.5 Å². The Hall–Kier alpha value is 0.799. The first-order valence-corrected chi connectivity index (χ1v) is 6.99. The van der Waals surface area contributed by atoms with Crippen LogP contribution in [-0.2, 0) is 0 Å². The summed E-state index contributed by atoms with van der Waals surface area (Å²) >= 11 is 1.56. The van der Waals surface area contributed by atoms with Gasteiger partial charge in [0.05, 0.1) is 0 Å². The molecule has 0 amide bonds. The van der Waals surface area contributed by atoms with Crippen LogP contribution < -0.4 is 0 Å². The second kappa shape index (κ2) is 2.40. The van der Waals surface area contributed by atoms with Gasteiger partial charge in [0, 0.05) is 0 Å². The molecule has 4 fully saturated rings. The van der Waals surface area contributed by atoms with E-state index in [9.17, 15) is 0 Å². The molecule has 4 aliphatic rings. The van der Waals surface area contributed by atoms with Crippen LogP contribution in [0, 0.1) is 23.7 Å². The fraction of sp³-hybridized carbons (Fsp3) is 1.00. The summed E-state index contributed by atoms with van der Waals surface area (Å²) in [6.45, 7) is 0. The van der Waals surface area contributed by atoms with Gasteiger partial charge in [-0.3, -0.25) is 0 Å². The zero-order chi connectivity index (χ0) is 7.42. The monoisotopic (exact) mass is 256 g/mol. The van der Waals surface area contributed by atoms with E-state index in [0.29, 0.717) is 0 Å². The van der Waals surface area contributed by atoms with E-state index >= 15 is 0 Å². The minimum absolute atomic E-state index is 1.18. The second-order valence-electron chi connectivity index (χ2n) is 5.01. The zero-order valence-electron chi connectivity index (χ0n) is 7.00. The summed E-state index contributed by atoms with van der Waals surface area (Å²) in [5.41, 5.74) is 0. The minimum atomic E-state index is 1.18. The average molecular weight is 255 g/mol. The Morgan fingerprint density at radius 3 is 1.64 bits per heavy atom. The molecule has 0 unspecified atom stereocenters. The summed E-state index contributed by atoms with van der Waals surface area (Å²) < 4.78 is 1.22. The Kier molecular flexibility index (Phi) is 1.57. The Bertz CT molecular complexity index is 148. The molecule has 0 aromatic rings. The number of rotatable bonds is 0. The number of hydrogen-bond acceptors (Lipinski definition) is 0. The molecule has 0 nitrogen and oxygen atoms in total. The molecule has 11 heavy (non-hydrogen) atoms. The van der Waals surface area contributed by atoms with Crippen LogP contribution in [0.15, 0.2) is 0 Å². The van der Waals surface area contributed by atoms with Crippen LogP contribution in [0.3, 0.4) is 0 Å². The molecule has 0 saturated heterocycles. The molecule has 0 aromatic heterocycles. The van der Waals surface area contributed by atoms with Crippen LogP contribution in [0.1, 0.15) is 32.1 Å². The van der Waals surface area contributed by atoms with E-state index in [1.165, 1.54) is 27.6 Å². The topological polar surface area (TPSA) is 0 Å². The van der Waals surface area contributed by atoms with Gasteiger partial charge in [-0.05, 0) is 0 Å². The quantitative estimate of drug-likeness (QED) is 0.581. The maximum atomic E-state index is 1.62. The van der Waals surface area contributed by atoms with Gasteiger partial charge in [0.25, 0.3) is 0 Å². The van der Waals surface area contributed by atoms with Crippen molar-refractivity contribution in [3.8, 4) is 0 Å². The van der Waals surface area contributed by atoms with Crippen LogP contribution in [0.25, 0.3) is 0 Å². The fourth-order valence-corrected chi connectivity index (χ4v) is 5.76. The average Bonchev–Trinajstić information content (AvgIpc) is 1.98. The molecule has 4 aliphatic carbocycles. The number of hydrogen-bond donors (Lipinski definition) is 0. The second-order valence-corrected chi connectivity index (χ2v) is 7.21. The van der Waals surface area contributed by atoms with Crippen molar-refractivity contribution in [2.24, 2.45) is 23.7 Å². The van der Waals surface area contributed by atoms with Crippen LogP contribution in [0.5, 0.6) is 0 Å². The third kappa shape index (κ3) is 1.01. The van der Waals surface area contributed by atoms with Gasteiger partial charge >= 0.3 is 82.2 Å². The third-order valence-electron chi connectivity index (χ3n) is 4.30. The van der Waals surface area contributed by atoms with E-state index in [2.05, 4.69) is 0 Å². The maximum absolute atomic E-state index is 1.62. The molecule has 60 valence electrons. The summed E-state index contributed by atoms with van der Waals surface area (Å²) in [4.78, 5) is 0. The van der Waals surface area contributed by atoms with Gasteiger partial charge < -0.3 is 0 Å². The Morgan fingerprint density at radius 2 is 1.18 bits per heavy atom. The summed E-state index contributed by atoms with van der Waals surface area (Å²) in [5.74, 6) is 4.77. The Labute approximate surface area is 82.2 Å². The molecular weight excluding hydrogens is 239 g/mol. The van der Waals surface area contributed by atoms with Crippen molar-refractivity contribution in [2.75, 3.05) is 0 Å². The molecule has 0 aromatic carbocycles. The van der Waals surface area contributed by atoms with Gasteiger partial charge in [0.2, 0.25) is 0 Å². The van der Waals surface area contributed by atoms with Crippen molar-refractivity contribution in [1.29, 1.82) is 0 Å². The fourth-order valence-electron chi connectivity index (χ4n) is 3.97. The van der Waals surface area contributed by atoms with Crippen molar-refractivity contribution in [3.05, 3.63) is 0 Å². The van der Waals surface area contributed by atoms with Crippen molar-refractivity contribution < 1.29 is 0 Å². The van der Waals surface area contributed by atoms with E-state index in [1.54, 1.807) is 54.6 Å². The first-order chi connectivity index (χ1) is 5.33. The van der Waals surface area contributed by atoms with Gasteiger partial charge in [0.15, 0.2) is 0 Å². The van der Waals surface area contributed by atoms with Crippen molar-refractivity contribution in [2.45, 2.75) is 36.0 Å². The summed E-state index contributed by atoms with van der Waals surface area (Å²) in [7, 11) is 0. The molecule has 0 aliphatic heterocycles. The van der Waals surface area contributed by atoms with Crippen LogP contribution >= 0.6 is 0 Å². The predicted molar refractivity (Wildman–Crippen MR) is 47.9 cm³/mol. The van der Waals surface area contributed by atoms with E-state index in [0.717, 1.165) is 0 Å². The van der Waals surface area contributed by atoms with Crippen LogP contribution in [0.4, 0.5) is 0 Å². The van der Waals surface area contributed by atoms with Crippen molar-refractivity contribution >= 4 is 22.5 Å². The Morgan fingerprint density at radius 1 is 0.727 bits per heavy atom. The summed E-state index contributed by atoms with van der Waals surface area (Å²) in [6, 6.07) is 0. The molecule has 1 heteroatoms. The van der Waals surface area contributed by atoms with Gasteiger partial charge in [-0.15, -0.1) is 0 Å². The standard InChI is InChI=1S/C10H15.Sn.H/c1-7-2-9-4-8(1)5-10(3-7)6-9;;/h1,7-10H,2-6H2;;. The molecule has 0 spiro atoms. The Balaban J connectivity index is 1.91. The van der Waals surface area contributed by atoms with Gasteiger partial charge in [-0.25, -0.2) is 0 Å². The molecule has 4 rings (SSSR count). The van der Waals surface area contributed by atoms with E-state index < -0.39 is 0 Å². The van der Waals surface area contributed by atoms with E-state index in [4.69, 9.17) is 0 Å². The van der Waals surface area contributed by atoms with Crippen molar-refractivity contribution in [1.82, 2.24) is 0 Å². The van der Waals surface area contributed by atoms with Crippen LogP contribution in [0.2, 0.25) is 3.93 Å². The first-order valence-electron chi connectivity index (χ1n) is 5.08. The van der Waals surface area contributed by atoms with E-state index in [1.807, 2.05) is 0 Å². The molecule has 0 heterocycles. The molecular formula is C10H16Sn. The predicted octanol–water partition coefficient (Wildman–Crippen LogP) is 2.13. The molecule has 2 radical (unpaired) electrons. The SMILES string of the molecule is [SnH][CH]1C2CC3CC(C2)CC1C3. The normalized spacial score (nSPS) is 60.3. The van der Waals surface area contributed by atoms with Gasteiger partial charge in [0.1, 0.15) is 0 Å². The van der Waals surface area contributed by atoms with Gasteiger partial charge in [-0.2, -0.15) is 0 Å². The molecule has 4 bridgehead atoms.